The third-order valence-electron chi connectivity index (χ3n) is 2.94. The molecule has 5 nitrogen and oxygen atoms in total. The highest BCUT2D eigenvalue weighted by atomic mass is 19.1. The van der Waals surface area contributed by atoms with Gasteiger partial charge in [-0.25, -0.2) is 4.39 Å². The van der Waals surface area contributed by atoms with Gasteiger partial charge in [0.25, 0.3) is 5.91 Å². The minimum Gasteiger partial charge on any atom is -0.328 e. The van der Waals surface area contributed by atoms with E-state index in [-0.39, 0.29) is 23.7 Å². The van der Waals surface area contributed by atoms with Crippen LogP contribution < -0.4 is 5.32 Å². The van der Waals surface area contributed by atoms with Crippen molar-refractivity contribution in [3.63, 3.8) is 0 Å². The van der Waals surface area contributed by atoms with E-state index in [0.29, 0.717) is 13.1 Å². The van der Waals surface area contributed by atoms with Crippen molar-refractivity contribution < 1.29 is 14.0 Å². The first kappa shape index (κ1) is 13.5. The Morgan fingerprint density at radius 3 is 2.79 bits per heavy atom. The summed E-state index contributed by atoms with van der Waals surface area (Å²) in [4.78, 5) is 27.3. The van der Waals surface area contributed by atoms with Gasteiger partial charge in [-0.15, -0.1) is 0 Å². The highest BCUT2D eigenvalue weighted by molar-refractivity contribution is 6.08. The van der Waals surface area contributed by atoms with Crippen LogP contribution >= 0.6 is 0 Å². The molecule has 2 amide bonds. The molecule has 0 radical (unpaired) electrons. The molecular weight excluding hydrogens is 249 g/mol. The summed E-state index contributed by atoms with van der Waals surface area (Å²) in [6.07, 6.45) is 0. The van der Waals surface area contributed by atoms with Gasteiger partial charge in [0.1, 0.15) is 12.4 Å². The first-order valence-electron chi connectivity index (χ1n) is 6.01. The number of rotatable bonds is 3. The first-order chi connectivity index (χ1) is 8.99. The van der Waals surface area contributed by atoms with E-state index >= 15 is 0 Å². The highest BCUT2D eigenvalue weighted by Gasteiger charge is 2.28. The van der Waals surface area contributed by atoms with Gasteiger partial charge in [0, 0.05) is 13.1 Å². The highest BCUT2D eigenvalue weighted by Crippen LogP contribution is 2.23. The fraction of sp³-hybridized carbons (Fsp3) is 0.385. The van der Waals surface area contributed by atoms with Crippen molar-refractivity contribution in [1.29, 1.82) is 0 Å². The van der Waals surface area contributed by atoms with Crippen molar-refractivity contribution in [2.24, 2.45) is 0 Å². The molecule has 1 aliphatic rings. The number of likely N-dealkylation sites (N-methyl/N-ethyl adjacent to an activating group) is 1. The molecule has 102 valence electrons. The second kappa shape index (κ2) is 5.36. The zero-order chi connectivity index (χ0) is 14.0. The second-order valence-corrected chi connectivity index (χ2v) is 4.74. The number of carbonyl (C=O) groups is 2. The average Bonchev–Trinajstić information content (AvgIpc) is 2.45. The molecule has 19 heavy (non-hydrogen) atoms. The minimum atomic E-state index is -0.612. The summed E-state index contributed by atoms with van der Waals surface area (Å²) in [7, 11) is 3.74. The SMILES string of the molecule is CN(C)CCN1CC(=O)Nc2cccc(F)c2C1=O. The lowest BCUT2D eigenvalue weighted by molar-refractivity contribution is -0.116. The number of anilines is 1. The predicted octanol–water partition coefficient (Wildman–Crippen LogP) is 0.782. The molecule has 0 bridgehead atoms. The normalized spacial score (nSPS) is 15.3. The van der Waals surface area contributed by atoms with Crippen molar-refractivity contribution in [2.75, 3.05) is 39.0 Å². The zero-order valence-corrected chi connectivity index (χ0v) is 10.9. The van der Waals surface area contributed by atoms with Gasteiger partial charge < -0.3 is 15.1 Å². The van der Waals surface area contributed by atoms with Crippen molar-refractivity contribution in [1.82, 2.24) is 9.80 Å². The van der Waals surface area contributed by atoms with Crippen LogP contribution in [-0.4, -0.2) is 55.3 Å². The number of fused-ring (bicyclic) bond motifs is 1. The molecule has 0 saturated heterocycles. The lowest BCUT2D eigenvalue weighted by Crippen LogP contribution is -2.39. The van der Waals surface area contributed by atoms with Crippen molar-refractivity contribution in [3.8, 4) is 0 Å². The molecule has 1 aliphatic heterocycles. The Hall–Kier alpha value is -1.95. The molecule has 0 fully saturated rings. The second-order valence-electron chi connectivity index (χ2n) is 4.74. The van der Waals surface area contributed by atoms with Crippen LogP contribution in [0.25, 0.3) is 0 Å². The van der Waals surface area contributed by atoms with Crippen molar-refractivity contribution >= 4 is 17.5 Å². The number of hydrogen-bond donors (Lipinski definition) is 1. The molecule has 0 aliphatic carbocycles. The van der Waals surface area contributed by atoms with Gasteiger partial charge >= 0.3 is 0 Å². The van der Waals surface area contributed by atoms with E-state index < -0.39 is 11.7 Å². The Morgan fingerprint density at radius 1 is 1.37 bits per heavy atom. The molecule has 1 N–H and O–H groups in total. The minimum absolute atomic E-state index is 0.0548. The molecule has 0 unspecified atom stereocenters. The quantitative estimate of drug-likeness (QED) is 0.878. The molecular formula is C13H16FN3O2. The summed E-state index contributed by atoms with van der Waals surface area (Å²) in [6, 6.07) is 4.22. The van der Waals surface area contributed by atoms with Crippen LogP contribution in [0, 0.1) is 5.82 Å². The van der Waals surface area contributed by atoms with Crippen LogP contribution in [0.15, 0.2) is 18.2 Å². The van der Waals surface area contributed by atoms with Gasteiger partial charge in [-0.3, -0.25) is 9.59 Å². The zero-order valence-electron chi connectivity index (χ0n) is 10.9. The van der Waals surface area contributed by atoms with E-state index in [2.05, 4.69) is 5.32 Å². The maximum atomic E-state index is 13.8. The van der Waals surface area contributed by atoms with Gasteiger partial charge in [0.05, 0.1) is 11.3 Å². The summed E-state index contributed by atoms with van der Waals surface area (Å²) >= 11 is 0. The molecule has 6 heteroatoms. The first-order valence-corrected chi connectivity index (χ1v) is 6.01. The molecule has 0 saturated carbocycles. The number of amides is 2. The lowest BCUT2D eigenvalue weighted by Gasteiger charge is -2.21. The van der Waals surface area contributed by atoms with E-state index in [1.165, 1.54) is 23.1 Å². The average molecular weight is 265 g/mol. The number of carbonyl (C=O) groups excluding carboxylic acids is 2. The fourth-order valence-electron chi connectivity index (χ4n) is 1.94. The third kappa shape index (κ3) is 2.90. The Morgan fingerprint density at radius 2 is 2.11 bits per heavy atom. The molecule has 1 aromatic carbocycles. The predicted molar refractivity (Wildman–Crippen MR) is 69.5 cm³/mol. The molecule has 0 atom stereocenters. The number of halogens is 1. The lowest BCUT2D eigenvalue weighted by atomic mass is 10.1. The Labute approximate surface area is 111 Å². The largest absolute Gasteiger partial charge is 0.328 e. The Balaban J connectivity index is 2.32. The van der Waals surface area contributed by atoms with Crippen LogP contribution in [0.5, 0.6) is 0 Å². The Bertz CT molecular complexity index is 517. The van der Waals surface area contributed by atoms with Crippen molar-refractivity contribution in [2.45, 2.75) is 0 Å². The van der Waals surface area contributed by atoms with Crippen LogP contribution in [0.4, 0.5) is 10.1 Å². The molecule has 2 rings (SSSR count). The van der Waals surface area contributed by atoms with Crippen LogP contribution in [-0.2, 0) is 4.79 Å². The Kier molecular flexibility index (Phi) is 3.80. The van der Waals surface area contributed by atoms with Gasteiger partial charge in [0.2, 0.25) is 5.91 Å². The van der Waals surface area contributed by atoms with Crippen LogP contribution in [0.3, 0.4) is 0 Å². The van der Waals surface area contributed by atoms with E-state index in [1.54, 1.807) is 0 Å². The van der Waals surface area contributed by atoms with E-state index in [4.69, 9.17) is 0 Å². The summed E-state index contributed by atoms with van der Waals surface area (Å²) in [5.41, 5.74) is 0.175. The number of nitrogens with zero attached hydrogens (tertiary/aromatic N) is 2. The molecule has 1 aromatic rings. The maximum Gasteiger partial charge on any atom is 0.259 e. The molecule has 0 aromatic heterocycles. The smallest absolute Gasteiger partial charge is 0.259 e. The topological polar surface area (TPSA) is 52.6 Å². The third-order valence-corrected chi connectivity index (χ3v) is 2.94. The van der Waals surface area contributed by atoms with Gasteiger partial charge in [-0.05, 0) is 26.2 Å². The summed E-state index contributed by atoms with van der Waals surface area (Å²) in [5, 5.41) is 2.56. The van der Waals surface area contributed by atoms with Crippen LogP contribution in [0.2, 0.25) is 0 Å². The van der Waals surface area contributed by atoms with Gasteiger partial charge in [0.15, 0.2) is 0 Å². The molecule has 1 heterocycles. The number of hydrogen-bond acceptors (Lipinski definition) is 3. The fourth-order valence-corrected chi connectivity index (χ4v) is 1.94. The number of nitrogens with one attached hydrogen (secondary N) is 1. The van der Waals surface area contributed by atoms with Gasteiger partial charge in [-0.2, -0.15) is 0 Å². The number of benzene rings is 1. The summed E-state index contributed by atoms with van der Waals surface area (Å²) < 4.78 is 13.8. The monoisotopic (exact) mass is 265 g/mol. The van der Waals surface area contributed by atoms with Crippen molar-refractivity contribution in [3.05, 3.63) is 29.6 Å². The standard InChI is InChI=1S/C13H16FN3O2/c1-16(2)6-7-17-8-11(18)15-10-5-3-4-9(14)12(10)13(17)19/h3-5H,6-8H2,1-2H3,(H,15,18). The van der Waals surface area contributed by atoms with E-state index in [9.17, 15) is 14.0 Å². The summed E-state index contributed by atoms with van der Waals surface area (Å²) in [5.74, 6) is -1.37. The van der Waals surface area contributed by atoms with Gasteiger partial charge in [-0.1, -0.05) is 6.07 Å². The van der Waals surface area contributed by atoms with Crippen LogP contribution in [0.1, 0.15) is 10.4 Å². The molecule has 0 spiro atoms. The van der Waals surface area contributed by atoms with E-state index in [0.717, 1.165) is 0 Å². The summed E-state index contributed by atoms with van der Waals surface area (Å²) in [6.45, 7) is 0.941. The maximum absolute atomic E-state index is 13.8. The van der Waals surface area contributed by atoms with E-state index in [1.807, 2.05) is 19.0 Å².